The van der Waals surface area contributed by atoms with Crippen molar-refractivity contribution in [2.45, 2.75) is 38.0 Å². The molecule has 0 aliphatic carbocycles. The van der Waals surface area contributed by atoms with Crippen LogP contribution in [0.4, 0.5) is 0 Å². The molecule has 4 rings (SSSR count). The first-order valence-electron chi connectivity index (χ1n) is 8.70. The fourth-order valence-electron chi connectivity index (χ4n) is 3.34. The molecule has 2 aromatic heterocycles. The highest BCUT2D eigenvalue weighted by Crippen LogP contribution is 2.28. The van der Waals surface area contributed by atoms with Gasteiger partial charge >= 0.3 is 5.69 Å². The molecule has 1 aromatic carbocycles. The largest absolute Gasteiger partial charge is 0.394 e. The van der Waals surface area contributed by atoms with Gasteiger partial charge in [-0.05, 0) is 24.6 Å². The molecule has 1 fully saturated rings. The Morgan fingerprint density at radius 1 is 1.18 bits per heavy atom. The lowest BCUT2D eigenvalue weighted by atomic mass is 10.1. The number of aliphatic hydroxyl groups excluding tert-OH is 3. The van der Waals surface area contributed by atoms with Gasteiger partial charge in [-0.2, -0.15) is 0 Å². The summed E-state index contributed by atoms with van der Waals surface area (Å²) in [5.41, 5.74) is 0.636. The second-order valence-corrected chi connectivity index (χ2v) is 6.79. The van der Waals surface area contributed by atoms with Gasteiger partial charge in [-0.3, -0.25) is 13.9 Å². The number of fused-ring (bicyclic) bond motifs is 1. The molecule has 148 valence electrons. The summed E-state index contributed by atoms with van der Waals surface area (Å²) >= 11 is 0. The molecule has 1 saturated heterocycles. The molecule has 10 nitrogen and oxygen atoms in total. The molecule has 3 aromatic rings. The van der Waals surface area contributed by atoms with Gasteiger partial charge in [0.05, 0.1) is 13.2 Å². The van der Waals surface area contributed by atoms with E-state index in [1.54, 1.807) is 12.1 Å². The second kappa shape index (κ2) is 6.99. The quantitative estimate of drug-likeness (QED) is 0.523. The first-order chi connectivity index (χ1) is 13.4. The van der Waals surface area contributed by atoms with Gasteiger partial charge in [0.25, 0.3) is 5.56 Å². The van der Waals surface area contributed by atoms with Gasteiger partial charge in [-0.25, -0.2) is 4.79 Å². The van der Waals surface area contributed by atoms with Crippen molar-refractivity contribution in [3.8, 4) is 0 Å². The summed E-state index contributed by atoms with van der Waals surface area (Å²) in [6.07, 6.45) is -3.87. The van der Waals surface area contributed by atoms with E-state index in [9.17, 15) is 24.9 Å². The predicted molar refractivity (Wildman–Crippen MR) is 95.8 cm³/mol. The maximum atomic E-state index is 12.9. The minimum Gasteiger partial charge on any atom is -0.394 e. The normalized spacial score (nSPS) is 24.9. The minimum atomic E-state index is -1.43. The Hall–Kier alpha value is -2.79. The van der Waals surface area contributed by atoms with Crippen LogP contribution in [0.3, 0.4) is 0 Å². The molecule has 4 atom stereocenters. The molecular formula is C18H19N3O7. The lowest BCUT2D eigenvalue weighted by molar-refractivity contribution is -0.0555. The van der Waals surface area contributed by atoms with Crippen molar-refractivity contribution in [2.24, 2.45) is 0 Å². The van der Waals surface area contributed by atoms with Crippen molar-refractivity contribution in [1.82, 2.24) is 14.3 Å². The summed E-state index contributed by atoms with van der Waals surface area (Å²) in [7, 11) is 0. The highest BCUT2D eigenvalue weighted by Gasteiger charge is 2.43. The SMILES string of the molecule is Cc1ccc2c(Cn3c(=O)ccn(C4OC(CO)C(O)C4O)c3=O)noc2c1. The van der Waals surface area contributed by atoms with E-state index in [-0.39, 0.29) is 6.54 Å². The molecule has 1 aliphatic heterocycles. The molecule has 0 amide bonds. The van der Waals surface area contributed by atoms with Gasteiger partial charge in [-0.15, -0.1) is 0 Å². The van der Waals surface area contributed by atoms with E-state index >= 15 is 0 Å². The van der Waals surface area contributed by atoms with Gasteiger partial charge in [0.15, 0.2) is 11.8 Å². The van der Waals surface area contributed by atoms with Crippen LogP contribution < -0.4 is 11.2 Å². The summed E-state index contributed by atoms with van der Waals surface area (Å²) in [5.74, 6) is 0. The minimum absolute atomic E-state index is 0.136. The summed E-state index contributed by atoms with van der Waals surface area (Å²) in [6, 6.07) is 6.63. The first kappa shape index (κ1) is 18.6. The molecule has 28 heavy (non-hydrogen) atoms. The number of nitrogens with zero attached hydrogens (tertiary/aromatic N) is 3. The maximum absolute atomic E-state index is 12.9. The fourth-order valence-corrected chi connectivity index (χ4v) is 3.34. The highest BCUT2D eigenvalue weighted by atomic mass is 16.6. The van der Waals surface area contributed by atoms with E-state index < -0.39 is 42.4 Å². The molecular weight excluding hydrogens is 370 g/mol. The van der Waals surface area contributed by atoms with Crippen LogP contribution in [-0.4, -0.2) is 54.5 Å². The monoisotopic (exact) mass is 389 g/mol. The topological polar surface area (TPSA) is 140 Å². The highest BCUT2D eigenvalue weighted by molar-refractivity contribution is 5.79. The van der Waals surface area contributed by atoms with Gasteiger partial charge in [0, 0.05) is 17.6 Å². The van der Waals surface area contributed by atoms with Crippen LogP contribution in [0.1, 0.15) is 17.5 Å². The third kappa shape index (κ3) is 2.96. The average Bonchev–Trinajstić information content (AvgIpc) is 3.20. The van der Waals surface area contributed by atoms with E-state index in [0.717, 1.165) is 20.8 Å². The van der Waals surface area contributed by atoms with Crippen LogP contribution in [0.2, 0.25) is 0 Å². The Morgan fingerprint density at radius 3 is 2.68 bits per heavy atom. The van der Waals surface area contributed by atoms with E-state index in [4.69, 9.17) is 9.26 Å². The zero-order valence-corrected chi connectivity index (χ0v) is 14.9. The molecule has 0 spiro atoms. The average molecular weight is 389 g/mol. The van der Waals surface area contributed by atoms with Gasteiger partial charge in [0.1, 0.15) is 24.0 Å². The molecule has 0 bridgehead atoms. The molecule has 0 radical (unpaired) electrons. The van der Waals surface area contributed by atoms with Gasteiger partial charge < -0.3 is 24.6 Å². The summed E-state index contributed by atoms with van der Waals surface area (Å²) < 4.78 is 12.6. The Morgan fingerprint density at radius 2 is 1.96 bits per heavy atom. The van der Waals surface area contributed by atoms with Crippen LogP contribution >= 0.6 is 0 Å². The van der Waals surface area contributed by atoms with Gasteiger partial charge in [0.2, 0.25) is 0 Å². The van der Waals surface area contributed by atoms with E-state index in [1.807, 2.05) is 13.0 Å². The number of rotatable bonds is 4. The molecule has 10 heteroatoms. The third-order valence-corrected chi connectivity index (χ3v) is 4.90. The lowest BCUT2D eigenvalue weighted by Gasteiger charge is -2.18. The number of hydrogen-bond donors (Lipinski definition) is 3. The van der Waals surface area contributed by atoms with Crippen molar-refractivity contribution < 1.29 is 24.6 Å². The van der Waals surface area contributed by atoms with Crippen LogP contribution in [0.5, 0.6) is 0 Å². The Bertz CT molecular complexity index is 1130. The third-order valence-electron chi connectivity index (χ3n) is 4.90. The Kier molecular flexibility index (Phi) is 4.63. The smallest absolute Gasteiger partial charge is 0.333 e. The summed E-state index contributed by atoms with van der Waals surface area (Å²) in [6.45, 7) is 1.25. The Labute approximate surface area is 157 Å². The summed E-state index contributed by atoms with van der Waals surface area (Å²) in [5, 5.41) is 33.9. The van der Waals surface area contributed by atoms with Crippen molar-refractivity contribution >= 4 is 11.0 Å². The predicted octanol–water partition coefficient (Wildman–Crippen LogP) is -0.881. The fraction of sp³-hybridized carbons (Fsp3) is 0.389. The molecule has 1 aliphatic rings. The number of hydrogen-bond acceptors (Lipinski definition) is 8. The van der Waals surface area contributed by atoms with Crippen molar-refractivity contribution in [3.63, 3.8) is 0 Å². The number of aromatic nitrogens is 3. The van der Waals surface area contributed by atoms with Gasteiger partial charge in [-0.1, -0.05) is 11.2 Å². The van der Waals surface area contributed by atoms with E-state index in [2.05, 4.69) is 5.16 Å². The number of benzene rings is 1. The van der Waals surface area contributed by atoms with Crippen molar-refractivity contribution in [1.29, 1.82) is 0 Å². The molecule has 3 N–H and O–H groups in total. The van der Waals surface area contributed by atoms with Crippen LogP contribution in [0.25, 0.3) is 11.0 Å². The van der Waals surface area contributed by atoms with Crippen molar-refractivity contribution in [3.05, 3.63) is 62.6 Å². The number of ether oxygens (including phenoxy) is 1. The maximum Gasteiger partial charge on any atom is 0.333 e. The Balaban J connectivity index is 1.73. The molecule has 0 saturated carbocycles. The standard InChI is InChI=1S/C18H19N3O7/c1-9-2-3-10-11(19-28-12(10)6-9)7-21-14(23)4-5-20(18(21)26)17-16(25)15(24)13(8-22)27-17/h2-6,13,15-17,22,24-25H,7-8H2,1H3. The lowest BCUT2D eigenvalue weighted by Crippen LogP contribution is -2.43. The zero-order valence-electron chi connectivity index (χ0n) is 14.9. The second-order valence-electron chi connectivity index (χ2n) is 6.79. The van der Waals surface area contributed by atoms with Crippen LogP contribution in [0.15, 0.2) is 44.6 Å². The number of aliphatic hydroxyl groups is 3. The van der Waals surface area contributed by atoms with Crippen LogP contribution in [-0.2, 0) is 11.3 Å². The molecule has 3 heterocycles. The summed E-state index contributed by atoms with van der Waals surface area (Å²) in [4.78, 5) is 25.2. The van der Waals surface area contributed by atoms with Crippen molar-refractivity contribution in [2.75, 3.05) is 6.61 Å². The molecule has 4 unspecified atom stereocenters. The van der Waals surface area contributed by atoms with Crippen LogP contribution in [0, 0.1) is 6.92 Å². The first-order valence-corrected chi connectivity index (χ1v) is 8.70. The number of aryl methyl sites for hydroxylation is 1. The zero-order chi connectivity index (χ0) is 20.0. The van der Waals surface area contributed by atoms with E-state index in [0.29, 0.717) is 16.7 Å². The van der Waals surface area contributed by atoms with E-state index in [1.165, 1.54) is 6.20 Å².